The Balaban J connectivity index is 2.63. The molecule has 1 rings (SSSR count). The second kappa shape index (κ2) is 7.57. The van der Waals surface area contributed by atoms with Crippen LogP contribution in [0.4, 0.5) is 0 Å². The van der Waals surface area contributed by atoms with E-state index in [-0.39, 0.29) is 11.7 Å². The van der Waals surface area contributed by atoms with Gasteiger partial charge < -0.3 is 15.6 Å². The zero-order valence-corrected chi connectivity index (χ0v) is 12.4. The molecule has 19 heavy (non-hydrogen) atoms. The van der Waals surface area contributed by atoms with Crippen molar-refractivity contribution < 1.29 is 14.6 Å². The number of carbonyl (C=O) groups excluding carboxylic acids is 1. The number of rotatable bonds is 7. The third kappa shape index (κ3) is 4.56. The summed E-state index contributed by atoms with van der Waals surface area (Å²) in [7, 11) is 0. The van der Waals surface area contributed by atoms with Crippen LogP contribution in [-0.2, 0) is 4.74 Å². The lowest BCUT2D eigenvalue weighted by Crippen LogP contribution is -2.29. The monoisotopic (exact) mass is 286 g/mol. The first-order valence-electron chi connectivity index (χ1n) is 6.55. The van der Waals surface area contributed by atoms with Gasteiger partial charge in [-0.3, -0.25) is 0 Å². The van der Waals surface area contributed by atoms with E-state index in [4.69, 9.17) is 10.5 Å². The number of thiazole rings is 1. The summed E-state index contributed by atoms with van der Waals surface area (Å²) < 4.78 is 4.86. The summed E-state index contributed by atoms with van der Waals surface area (Å²) in [6.07, 6.45) is 0.696. The van der Waals surface area contributed by atoms with Crippen LogP contribution < -0.4 is 5.73 Å². The van der Waals surface area contributed by atoms with Gasteiger partial charge in [-0.2, -0.15) is 0 Å². The van der Waals surface area contributed by atoms with Crippen LogP contribution in [0.25, 0.3) is 0 Å². The molecule has 0 aromatic carbocycles. The van der Waals surface area contributed by atoms with Crippen molar-refractivity contribution >= 4 is 17.3 Å². The van der Waals surface area contributed by atoms with E-state index in [0.717, 1.165) is 6.42 Å². The predicted octanol–water partition coefficient (Wildman–Crippen LogP) is 2.12. The molecule has 0 radical (unpaired) electrons. The summed E-state index contributed by atoms with van der Waals surface area (Å²) in [6, 6.07) is -0.0741. The minimum absolute atomic E-state index is 0.0741. The highest BCUT2D eigenvalue weighted by molar-refractivity contribution is 7.09. The number of hydrogen-bond donors (Lipinski definition) is 2. The highest BCUT2D eigenvalue weighted by atomic mass is 32.1. The number of hydrogen-bond acceptors (Lipinski definition) is 6. The molecule has 3 N–H and O–H groups in total. The van der Waals surface area contributed by atoms with Crippen molar-refractivity contribution in [2.24, 2.45) is 11.7 Å². The van der Waals surface area contributed by atoms with Crippen LogP contribution in [-0.4, -0.2) is 28.7 Å². The Morgan fingerprint density at radius 2 is 2.26 bits per heavy atom. The van der Waals surface area contributed by atoms with Crippen LogP contribution in [0.1, 0.15) is 55.2 Å². The first kappa shape index (κ1) is 16.1. The molecule has 5 nitrogen and oxygen atoms in total. The third-order valence-corrected chi connectivity index (χ3v) is 4.11. The lowest BCUT2D eigenvalue weighted by atomic mass is 9.95. The largest absolute Gasteiger partial charge is 0.461 e. The average Bonchev–Trinajstić information content (AvgIpc) is 2.87. The Labute approximate surface area is 117 Å². The van der Waals surface area contributed by atoms with Crippen LogP contribution in [0, 0.1) is 5.92 Å². The zero-order valence-electron chi connectivity index (χ0n) is 11.6. The minimum Gasteiger partial charge on any atom is -0.461 e. The van der Waals surface area contributed by atoms with Gasteiger partial charge in [-0.15, -0.1) is 11.3 Å². The van der Waals surface area contributed by atoms with Gasteiger partial charge in [-0.1, -0.05) is 20.3 Å². The molecule has 1 aromatic heterocycles. The molecule has 0 aliphatic carbocycles. The SMILES string of the molecule is CCOC(=O)c1csc([C@H](O)C[C@@H](N)C(C)CC)n1. The Bertz CT molecular complexity index is 408. The van der Waals surface area contributed by atoms with Crippen molar-refractivity contribution in [3.8, 4) is 0 Å². The maximum Gasteiger partial charge on any atom is 0.357 e. The Morgan fingerprint density at radius 1 is 1.58 bits per heavy atom. The van der Waals surface area contributed by atoms with E-state index in [1.807, 2.05) is 0 Å². The quantitative estimate of drug-likeness (QED) is 0.750. The van der Waals surface area contributed by atoms with Crippen molar-refractivity contribution in [3.63, 3.8) is 0 Å². The Hall–Kier alpha value is -0.980. The molecule has 0 bridgehead atoms. The number of aliphatic hydroxyl groups excluding tert-OH is 1. The van der Waals surface area contributed by atoms with Gasteiger partial charge in [-0.05, 0) is 19.3 Å². The standard InChI is InChI=1S/C13H22N2O3S/c1-4-8(3)9(14)6-11(16)12-15-10(7-19-12)13(17)18-5-2/h7-9,11,16H,4-6,14H2,1-3H3/t8?,9-,11-/m1/s1. The van der Waals surface area contributed by atoms with Crippen molar-refractivity contribution in [2.45, 2.75) is 45.8 Å². The molecular formula is C13H22N2O3S. The molecule has 0 saturated heterocycles. The maximum absolute atomic E-state index is 11.5. The summed E-state index contributed by atoms with van der Waals surface area (Å²) in [6.45, 7) is 6.18. The summed E-state index contributed by atoms with van der Waals surface area (Å²) in [5.74, 6) is -0.109. The molecule has 1 heterocycles. The fraction of sp³-hybridized carbons (Fsp3) is 0.692. The lowest BCUT2D eigenvalue weighted by Gasteiger charge is -2.20. The van der Waals surface area contributed by atoms with Gasteiger partial charge in [0.05, 0.1) is 6.61 Å². The van der Waals surface area contributed by atoms with Crippen LogP contribution in [0.2, 0.25) is 0 Å². The molecule has 1 aromatic rings. The topological polar surface area (TPSA) is 85.4 Å². The Morgan fingerprint density at radius 3 is 2.84 bits per heavy atom. The van der Waals surface area contributed by atoms with E-state index < -0.39 is 12.1 Å². The first-order valence-corrected chi connectivity index (χ1v) is 7.43. The molecule has 0 saturated carbocycles. The third-order valence-electron chi connectivity index (χ3n) is 3.16. The number of nitrogens with zero attached hydrogens (tertiary/aromatic N) is 1. The van der Waals surface area contributed by atoms with Gasteiger partial charge in [0.15, 0.2) is 5.69 Å². The van der Waals surface area contributed by atoms with Crippen molar-refractivity contribution in [2.75, 3.05) is 6.61 Å². The van der Waals surface area contributed by atoms with Crippen LogP contribution in [0.5, 0.6) is 0 Å². The molecule has 108 valence electrons. The average molecular weight is 286 g/mol. The van der Waals surface area contributed by atoms with Crippen LogP contribution in [0.15, 0.2) is 5.38 Å². The Kier molecular flexibility index (Phi) is 6.41. The first-order chi connectivity index (χ1) is 8.99. The second-order valence-corrected chi connectivity index (χ2v) is 5.48. The lowest BCUT2D eigenvalue weighted by molar-refractivity contribution is 0.0519. The van der Waals surface area contributed by atoms with Gasteiger partial charge in [0.25, 0.3) is 0 Å². The van der Waals surface area contributed by atoms with Crippen molar-refractivity contribution in [1.82, 2.24) is 4.98 Å². The number of esters is 1. The van der Waals surface area contributed by atoms with Gasteiger partial charge in [0.2, 0.25) is 0 Å². The number of nitrogens with two attached hydrogens (primary N) is 1. The molecule has 0 spiro atoms. The summed E-state index contributed by atoms with van der Waals surface area (Å²) >= 11 is 1.26. The number of aromatic nitrogens is 1. The van der Waals surface area contributed by atoms with Gasteiger partial charge in [0.1, 0.15) is 11.1 Å². The number of aliphatic hydroxyl groups is 1. The highest BCUT2D eigenvalue weighted by Crippen LogP contribution is 2.24. The summed E-state index contributed by atoms with van der Waals surface area (Å²) in [5, 5.41) is 12.2. The molecule has 0 aliphatic heterocycles. The molecule has 1 unspecified atom stereocenters. The summed E-state index contributed by atoms with van der Waals surface area (Å²) in [4.78, 5) is 15.6. The summed E-state index contributed by atoms with van der Waals surface area (Å²) in [5.41, 5.74) is 6.25. The van der Waals surface area contributed by atoms with E-state index in [2.05, 4.69) is 18.8 Å². The van der Waals surface area contributed by atoms with Crippen LogP contribution in [0.3, 0.4) is 0 Å². The predicted molar refractivity (Wildman–Crippen MR) is 75.1 cm³/mol. The maximum atomic E-state index is 11.5. The second-order valence-electron chi connectivity index (χ2n) is 4.59. The normalized spacial score (nSPS) is 15.8. The number of carbonyl (C=O) groups is 1. The van der Waals surface area contributed by atoms with Gasteiger partial charge in [-0.25, -0.2) is 9.78 Å². The van der Waals surface area contributed by atoms with E-state index in [1.54, 1.807) is 12.3 Å². The molecular weight excluding hydrogens is 264 g/mol. The fourth-order valence-corrected chi connectivity index (χ4v) is 2.42. The van der Waals surface area contributed by atoms with Crippen LogP contribution >= 0.6 is 11.3 Å². The molecule has 6 heteroatoms. The van der Waals surface area contributed by atoms with E-state index in [1.165, 1.54) is 11.3 Å². The van der Waals surface area contributed by atoms with E-state index in [9.17, 15) is 9.90 Å². The van der Waals surface area contributed by atoms with Crippen molar-refractivity contribution in [3.05, 3.63) is 16.1 Å². The zero-order chi connectivity index (χ0) is 14.4. The minimum atomic E-state index is -0.725. The molecule has 0 amide bonds. The smallest absolute Gasteiger partial charge is 0.357 e. The van der Waals surface area contributed by atoms with E-state index >= 15 is 0 Å². The van der Waals surface area contributed by atoms with Gasteiger partial charge in [0, 0.05) is 11.4 Å². The van der Waals surface area contributed by atoms with Gasteiger partial charge >= 0.3 is 5.97 Å². The highest BCUT2D eigenvalue weighted by Gasteiger charge is 2.21. The van der Waals surface area contributed by atoms with Crippen molar-refractivity contribution in [1.29, 1.82) is 0 Å². The molecule has 0 aliphatic rings. The molecule has 0 fully saturated rings. The number of ether oxygens (including phenoxy) is 1. The fourth-order valence-electron chi connectivity index (χ4n) is 1.63. The molecule has 3 atom stereocenters. The van der Waals surface area contributed by atoms with E-state index in [0.29, 0.717) is 24.0 Å².